The lowest BCUT2D eigenvalue weighted by Crippen LogP contribution is -2.02. The van der Waals surface area contributed by atoms with Crippen LogP contribution in [0.2, 0.25) is 0 Å². The summed E-state index contributed by atoms with van der Waals surface area (Å²) in [4.78, 5) is 8.59. The lowest BCUT2D eigenvalue weighted by Gasteiger charge is -2.11. The molecule has 0 saturated heterocycles. The minimum Gasteiger partial charge on any atom is -0.395 e. The summed E-state index contributed by atoms with van der Waals surface area (Å²) in [5, 5.41) is 13.1. The van der Waals surface area contributed by atoms with Crippen molar-refractivity contribution in [1.29, 1.82) is 5.26 Å². The Morgan fingerprint density at radius 3 is 2.90 bits per heavy atom. The number of rotatable bonds is 2. The molecule has 1 aromatic carbocycles. The zero-order valence-electron chi connectivity index (χ0n) is 10.8. The molecule has 0 unspecified atom stereocenters. The van der Waals surface area contributed by atoms with Gasteiger partial charge in [0.1, 0.15) is 6.07 Å². The highest BCUT2D eigenvalue weighted by atomic mass is 79.9. The lowest BCUT2D eigenvalue weighted by atomic mass is 10.2. The van der Waals surface area contributed by atoms with Crippen molar-refractivity contribution in [2.75, 3.05) is 11.1 Å². The van der Waals surface area contributed by atoms with Gasteiger partial charge in [0.05, 0.1) is 22.5 Å². The normalized spacial score (nSPS) is 10.3. The van der Waals surface area contributed by atoms with Crippen LogP contribution >= 0.6 is 15.9 Å². The van der Waals surface area contributed by atoms with Crippen LogP contribution in [0, 0.1) is 11.3 Å². The molecule has 21 heavy (non-hydrogen) atoms. The number of nitrogens with zero attached hydrogens (tertiary/aromatic N) is 3. The smallest absolute Gasteiger partial charge is 0.155 e. The van der Waals surface area contributed by atoms with Gasteiger partial charge in [-0.1, -0.05) is 12.1 Å². The van der Waals surface area contributed by atoms with Gasteiger partial charge in [0.25, 0.3) is 0 Å². The van der Waals surface area contributed by atoms with Crippen molar-refractivity contribution in [3.8, 4) is 6.07 Å². The van der Waals surface area contributed by atoms with Gasteiger partial charge in [0.2, 0.25) is 0 Å². The largest absolute Gasteiger partial charge is 0.395 e. The average Bonchev–Trinajstić information content (AvgIpc) is 2.49. The maximum absolute atomic E-state index is 9.01. The Morgan fingerprint density at radius 2 is 2.10 bits per heavy atom. The summed E-state index contributed by atoms with van der Waals surface area (Å²) in [5.74, 6) is 0.450. The molecule has 0 spiro atoms. The molecule has 0 amide bonds. The minimum absolute atomic E-state index is 0.328. The van der Waals surface area contributed by atoms with Crippen molar-refractivity contribution in [1.82, 2.24) is 9.97 Å². The summed E-state index contributed by atoms with van der Waals surface area (Å²) in [6.07, 6.45) is 3.28. The molecule has 2 aromatic heterocycles. The second-order valence-electron chi connectivity index (χ2n) is 4.39. The number of anilines is 3. The highest BCUT2D eigenvalue weighted by Gasteiger charge is 2.09. The van der Waals surface area contributed by atoms with E-state index in [1.54, 1.807) is 18.5 Å². The molecular formula is C15H10BrN5. The topological polar surface area (TPSA) is 87.6 Å². The molecule has 3 aromatic rings. The Morgan fingerprint density at radius 1 is 1.24 bits per heavy atom. The van der Waals surface area contributed by atoms with Gasteiger partial charge in [0, 0.05) is 22.3 Å². The van der Waals surface area contributed by atoms with E-state index in [2.05, 4.69) is 31.2 Å². The molecule has 0 bridgehead atoms. The standard InChI is InChI=1S/C15H10BrN5/c16-11-6-9-2-1-3-12(14(9)20-8-11)21-15-13(18)10(7-17)4-5-19-15/h1-6,8H,18H2,(H,19,21). The van der Waals surface area contributed by atoms with Crippen LogP contribution in [-0.4, -0.2) is 9.97 Å². The number of nitrogens with two attached hydrogens (primary N) is 1. The number of benzene rings is 1. The molecule has 0 fully saturated rings. The molecule has 0 radical (unpaired) electrons. The van der Waals surface area contributed by atoms with E-state index < -0.39 is 0 Å². The summed E-state index contributed by atoms with van der Waals surface area (Å²) in [6, 6.07) is 11.4. The van der Waals surface area contributed by atoms with Gasteiger partial charge in [-0.05, 0) is 34.1 Å². The Hall–Kier alpha value is -2.65. The molecule has 0 aliphatic rings. The number of hydrogen-bond donors (Lipinski definition) is 2. The van der Waals surface area contributed by atoms with Gasteiger partial charge in [0.15, 0.2) is 5.82 Å². The lowest BCUT2D eigenvalue weighted by molar-refractivity contribution is 1.29. The molecule has 6 heteroatoms. The van der Waals surface area contributed by atoms with Crippen LogP contribution in [0.25, 0.3) is 10.9 Å². The number of aromatic nitrogens is 2. The van der Waals surface area contributed by atoms with Crippen LogP contribution in [0.1, 0.15) is 5.56 Å². The predicted molar refractivity (Wildman–Crippen MR) is 86.1 cm³/mol. The van der Waals surface area contributed by atoms with Crippen LogP contribution in [0.3, 0.4) is 0 Å². The number of nitrogens with one attached hydrogen (secondary N) is 1. The number of para-hydroxylation sites is 1. The number of hydrogen-bond acceptors (Lipinski definition) is 5. The first kappa shape index (κ1) is 13.3. The van der Waals surface area contributed by atoms with E-state index in [0.29, 0.717) is 17.1 Å². The van der Waals surface area contributed by atoms with Gasteiger partial charge in [-0.15, -0.1) is 0 Å². The van der Waals surface area contributed by atoms with E-state index in [1.807, 2.05) is 30.3 Å². The van der Waals surface area contributed by atoms with E-state index in [4.69, 9.17) is 11.0 Å². The van der Waals surface area contributed by atoms with Gasteiger partial charge in [-0.25, -0.2) is 4.98 Å². The molecule has 102 valence electrons. The second kappa shape index (κ2) is 5.38. The van der Waals surface area contributed by atoms with Crippen LogP contribution < -0.4 is 11.1 Å². The van der Waals surface area contributed by atoms with Gasteiger partial charge < -0.3 is 11.1 Å². The molecule has 0 saturated carbocycles. The summed E-state index contributed by atoms with van der Waals surface area (Å²) in [6.45, 7) is 0. The molecule has 0 aliphatic carbocycles. The first-order valence-electron chi connectivity index (χ1n) is 6.15. The van der Waals surface area contributed by atoms with Crippen LogP contribution in [0.5, 0.6) is 0 Å². The molecule has 0 atom stereocenters. The van der Waals surface area contributed by atoms with Crippen molar-refractivity contribution in [3.05, 3.63) is 52.8 Å². The van der Waals surface area contributed by atoms with Crippen molar-refractivity contribution in [3.63, 3.8) is 0 Å². The third-order valence-corrected chi connectivity index (χ3v) is 3.47. The number of nitriles is 1. The first-order chi connectivity index (χ1) is 10.2. The number of pyridine rings is 2. The summed E-state index contributed by atoms with van der Waals surface area (Å²) < 4.78 is 0.913. The maximum Gasteiger partial charge on any atom is 0.155 e. The first-order valence-corrected chi connectivity index (χ1v) is 6.94. The number of halogens is 1. The molecular weight excluding hydrogens is 330 g/mol. The Labute approximate surface area is 129 Å². The van der Waals surface area contributed by atoms with Crippen LogP contribution in [0.15, 0.2) is 47.2 Å². The SMILES string of the molecule is N#Cc1ccnc(Nc2cccc3cc(Br)cnc23)c1N. The molecule has 5 nitrogen and oxygen atoms in total. The van der Waals surface area contributed by atoms with Gasteiger partial charge >= 0.3 is 0 Å². The highest BCUT2D eigenvalue weighted by Crippen LogP contribution is 2.28. The summed E-state index contributed by atoms with van der Waals surface area (Å²) in [5.41, 5.74) is 8.25. The van der Waals surface area contributed by atoms with E-state index in [9.17, 15) is 0 Å². The number of fused-ring (bicyclic) bond motifs is 1. The van der Waals surface area contributed by atoms with E-state index in [1.165, 1.54) is 0 Å². The Kier molecular flexibility index (Phi) is 3.42. The summed E-state index contributed by atoms with van der Waals surface area (Å²) >= 11 is 3.40. The Balaban J connectivity index is 2.09. The monoisotopic (exact) mass is 339 g/mol. The van der Waals surface area contributed by atoms with Crippen molar-refractivity contribution in [2.24, 2.45) is 0 Å². The molecule has 0 aliphatic heterocycles. The van der Waals surface area contributed by atoms with Gasteiger partial charge in [-0.2, -0.15) is 5.26 Å². The highest BCUT2D eigenvalue weighted by molar-refractivity contribution is 9.10. The molecule has 3 N–H and O–H groups in total. The average molecular weight is 340 g/mol. The van der Waals surface area contributed by atoms with Crippen molar-refractivity contribution < 1.29 is 0 Å². The van der Waals surface area contributed by atoms with Crippen LogP contribution in [-0.2, 0) is 0 Å². The maximum atomic E-state index is 9.01. The third-order valence-electron chi connectivity index (χ3n) is 3.04. The fraction of sp³-hybridized carbons (Fsp3) is 0. The van der Waals surface area contributed by atoms with Crippen molar-refractivity contribution >= 4 is 44.0 Å². The molecule has 3 rings (SSSR count). The minimum atomic E-state index is 0.328. The van der Waals surface area contributed by atoms with E-state index in [0.717, 1.165) is 21.1 Å². The Bertz CT molecular complexity index is 870. The quantitative estimate of drug-likeness (QED) is 0.744. The third kappa shape index (κ3) is 2.51. The van der Waals surface area contributed by atoms with Crippen LogP contribution in [0.4, 0.5) is 17.2 Å². The van der Waals surface area contributed by atoms with Crippen molar-refractivity contribution in [2.45, 2.75) is 0 Å². The van der Waals surface area contributed by atoms with Gasteiger partial charge in [-0.3, -0.25) is 4.98 Å². The fourth-order valence-electron chi connectivity index (χ4n) is 2.03. The fourth-order valence-corrected chi connectivity index (χ4v) is 2.38. The predicted octanol–water partition coefficient (Wildman–Crippen LogP) is 3.59. The zero-order valence-corrected chi connectivity index (χ0v) is 12.4. The van der Waals surface area contributed by atoms with E-state index >= 15 is 0 Å². The molecule has 2 heterocycles. The summed E-state index contributed by atoms with van der Waals surface area (Å²) in [7, 11) is 0. The number of nitrogen functional groups attached to an aromatic ring is 1. The second-order valence-corrected chi connectivity index (χ2v) is 5.30. The van der Waals surface area contributed by atoms with E-state index in [-0.39, 0.29) is 0 Å². The zero-order chi connectivity index (χ0) is 14.8.